The van der Waals surface area contributed by atoms with Crippen molar-refractivity contribution in [3.05, 3.63) is 421 Å². The van der Waals surface area contributed by atoms with Crippen molar-refractivity contribution in [3.63, 3.8) is 0 Å². The third-order valence-electron chi connectivity index (χ3n) is 26.5. The van der Waals surface area contributed by atoms with E-state index in [0.29, 0.717) is 22.6 Å². The molecule has 15 aromatic carbocycles. The second-order valence-corrected chi connectivity index (χ2v) is 42.1. The summed E-state index contributed by atoms with van der Waals surface area (Å²) < 4.78 is 13.3. The fourth-order valence-electron chi connectivity index (χ4n) is 18.6. The molecule has 0 aliphatic rings. The number of hydrogen-bond acceptors (Lipinski definition) is 12. The van der Waals surface area contributed by atoms with E-state index in [2.05, 4.69) is 317 Å². The number of rotatable bonds is 17. The van der Waals surface area contributed by atoms with Crippen LogP contribution in [0, 0.1) is 18.3 Å². The summed E-state index contributed by atoms with van der Waals surface area (Å²) in [7, 11) is 0. The Morgan fingerprint density at radius 1 is 0.354 bits per heavy atom. The van der Waals surface area contributed by atoms with Crippen molar-refractivity contribution >= 4 is 90.7 Å². The molecule has 0 radical (unpaired) electrons. The van der Waals surface area contributed by atoms with Gasteiger partial charge in [0.1, 0.15) is 40.3 Å². The average molecular weight is 2470 g/mol. The van der Waals surface area contributed by atoms with Gasteiger partial charge in [0, 0.05) is 154 Å². The van der Waals surface area contributed by atoms with E-state index in [9.17, 15) is 15.3 Å². The quantitative estimate of drug-likeness (QED) is 0.0588. The second kappa shape index (κ2) is 43.5. The van der Waals surface area contributed by atoms with Gasteiger partial charge in [-0.2, -0.15) is 11.6 Å². The first-order valence-corrected chi connectivity index (χ1v) is 49.0. The number of phenolic OH excluding ortho intramolecular Hbond substituents is 3. The molecule has 147 heavy (non-hydrogen) atoms. The van der Waals surface area contributed by atoms with E-state index in [1.165, 1.54) is 5.56 Å². The van der Waals surface area contributed by atoms with Crippen LogP contribution < -0.4 is 0 Å². The minimum absolute atomic E-state index is 0. The standard InChI is InChI=1S/C51H42N3O2.2C39H37N4O.3Pt/c1-32(2)33-22-24-34(25-23-33)38-27-28-40(49-47(38)42-17-10-12-21-46(42)56-49)39-18-13-20-44-48(39)53-50(54(44)37-14-7-6-8-15-37)41-16-9-11-19-43(41)52-31-35-30-36(51(3,4)5)26-29-45(35)55;1-38(2,3)28-22-27(36(44)32(23-28)39(4,5)6)25-41-33-19-11-10-17-31(33)37-42-35-30(26-14-13-21-40-24-26)18-12-20-34(35)43(37)29-15-8-7-9-16-29;1-38(2,3)28-23-27(36(44)32(24-28)39(4,5)6)25-41-33-17-11-10-15-31(33)37-42-35-30(26-19-21-40-22-20-26)16-12-18-34(35)43(37)29-13-8-7-9-14-29;;;/h6-27,29-32,55H,1-5H3;7-23,25,44H,1-6H3;7-19,21-25,44H,1-6H3;;;/q3*-1;;;. The van der Waals surface area contributed by atoms with Gasteiger partial charge in [-0.3, -0.25) is 33.7 Å². The van der Waals surface area contributed by atoms with Gasteiger partial charge in [0.2, 0.25) is 0 Å². The molecule has 0 saturated heterocycles. The molecule has 0 aliphatic heterocycles. The first-order valence-electron chi connectivity index (χ1n) is 49.0. The van der Waals surface area contributed by atoms with E-state index in [0.717, 1.165) is 196 Å². The number of fused-ring (bicyclic) bond motifs is 6. The van der Waals surface area contributed by atoms with Crippen LogP contribution in [-0.2, 0) is 90.3 Å². The molecule has 744 valence electrons. The molecule has 18 heteroatoms. The number of para-hydroxylation sites is 10. The van der Waals surface area contributed by atoms with Gasteiger partial charge in [0.05, 0.1) is 50.2 Å². The SMILES string of the molecule is CC(C)(C)c1cc(C=Nc2ccccc2-c2nc3c(-c4[c-]cncc4)cccc3n2-c2ccccc2)c(O)c(C(C)(C)C)c1.CC(C)(C)c1cc(C=Nc2ccccc2-c2nc3c(-c4[c-]nccc4)cccc3n2-c2ccccc2)c(O)c(C(C)(C)C)c1.CC(C)c1ccc(-c2c[c-]c(-c3cccc4c3nc(-c3ccccc3N=Cc3cc(C(C)(C)C)ccc3O)n4-c3ccccc3)c3oc4ccccc4c23)cc1.[Pt].[Pt].[Pt]. The van der Waals surface area contributed by atoms with E-state index in [1.807, 2.05) is 170 Å². The zero-order valence-electron chi connectivity index (χ0n) is 85.4. The first-order chi connectivity index (χ1) is 69.2. The van der Waals surface area contributed by atoms with Crippen molar-refractivity contribution in [3.8, 4) is 113 Å². The Morgan fingerprint density at radius 3 is 1.19 bits per heavy atom. The largest absolute Gasteiger partial charge is 0.507 e. The minimum atomic E-state index is -0.226. The molecule has 21 aromatic rings. The number of benzene rings is 15. The fourth-order valence-corrected chi connectivity index (χ4v) is 18.6. The summed E-state index contributed by atoms with van der Waals surface area (Å²) in [5.41, 5.74) is 30.6. The van der Waals surface area contributed by atoms with Crippen LogP contribution >= 0.6 is 0 Å². The molecule has 3 N–H and O–H groups in total. The number of aromatic nitrogens is 8. The molecule has 0 fully saturated rings. The van der Waals surface area contributed by atoms with Crippen LogP contribution in [0.4, 0.5) is 17.1 Å². The summed E-state index contributed by atoms with van der Waals surface area (Å²) >= 11 is 0. The van der Waals surface area contributed by atoms with Crippen molar-refractivity contribution in [1.82, 2.24) is 38.6 Å². The van der Waals surface area contributed by atoms with Crippen molar-refractivity contribution in [2.75, 3.05) is 0 Å². The molecule has 0 atom stereocenters. The Bertz CT molecular complexity index is 8150. The predicted molar refractivity (Wildman–Crippen MR) is 594 cm³/mol. The van der Waals surface area contributed by atoms with Crippen LogP contribution in [0.2, 0.25) is 0 Å². The fraction of sp³-hybridized carbons (Fsp3) is 0.178. The third kappa shape index (κ3) is 21.9. The van der Waals surface area contributed by atoms with E-state index in [-0.39, 0.29) is 108 Å². The predicted octanol–water partition coefficient (Wildman–Crippen LogP) is 32.8. The molecule has 0 unspecified atom stereocenters. The zero-order valence-corrected chi connectivity index (χ0v) is 92.2. The van der Waals surface area contributed by atoms with Gasteiger partial charge in [-0.15, -0.1) is 42.0 Å². The van der Waals surface area contributed by atoms with Gasteiger partial charge in [0.25, 0.3) is 0 Å². The van der Waals surface area contributed by atoms with Crippen molar-refractivity contribution in [1.29, 1.82) is 0 Å². The molecular weight excluding hydrogens is 2350 g/mol. The molecule has 21 rings (SSSR count). The zero-order chi connectivity index (χ0) is 101. The Hall–Kier alpha value is -14.7. The number of furan rings is 1. The number of phenols is 3. The van der Waals surface area contributed by atoms with Crippen molar-refractivity contribution < 1.29 is 82.9 Å². The van der Waals surface area contributed by atoms with Crippen LogP contribution in [0.25, 0.3) is 151 Å². The third-order valence-corrected chi connectivity index (χ3v) is 26.5. The molecule has 0 aliphatic carbocycles. The summed E-state index contributed by atoms with van der Waals surface area (Å²) in [5, 5.41) is 35.7. The van der Waals surface area contributed by atoms with Crippen molar-refractivity contribution in [2.24, 2.45) is 15.0 Å². The van der Waals surface area contributed by atoms with E-state index in [1.54, 1.807) is 43.3 Å². The Kier molecular flexibility index (Phi) is 31.1. The second-order valence-electron chi connectivity index (χ2n) is 42.1. The Labute approximate surface area is 904 Å². The summed E-state index contributed by atoms with van der Waals surface area (Å²) in [5.74, 6) is 3.48. The number of nitrogens with zero attached hydrogens (tertiary/aromatic N) is 11. The number of hydrogen-bond donors (Lipinski definition) is 3. The molecule has 6 aromatic heterocycles. The minimum Gasteiger partial charge on any atom is -0.507 e. The average Bonchev–Trinajstić information content (AvgIpc) is 1.56. The van der Waals surface area contributed by atoms with Gasteiger partial charge in [-0.1, -0.05) is 339 Å². The van der Waals surface area contributed by atoms with Gasteiger partial charge in [-0.05, 0) is 201 Å². The molecule has 0 saturated carbocycles. The van der Waals surface area contributed by atoms with Crippen LogP contribution in [0.3, 0.4) is 0 Å². The molecular formula is C129H116N11O4Pt3-3. The molecule has 0 amide bonds. The van der Waals surface area contributed by atoms with Crippen LogP contribution in [0.1, 0.15) is 174 Å². The maximum Gasteiger partial charge on any atom is 0.146 e. The Morgan fingerprint density at radius 2 is 0.762 bits per heavy atom. The first kappa shape index (κ1) is 105. The number of pyridine rings is 2. The van der Waals surface area contributed by atoms with Crippen LogP contribution in [0.15, 0.2) is 372 Å². The van der Waals surface area contributed by atoms with Crippen molar-refractivity contribution in [2.45, 2.75) is 151 Å². The monoisotopic (exact) mass is 2470 g/mol. The van der Waals surface area contributed by atoms with E-state index >= 15 is 0 Å². The molecule has 0 bridgehead atoms. The van der Waals surface area contributed by atoms with E-state index < -0.39 is 0 Å². The van der Waals surface area contributed by atoms with E-state index in [4.69, 9.17) is 34.3 Å². The number of aromatic hydroxyl groups is 3. The van der Waals surface area contributed by atoms with Crippen LogP contribution in [0.5, 0.6) is 17.2 Å². The summed E-state index contributed by atoms with van der Waals surface area (Å²) in [6.45, 7) is 36.8. The summed E-state index contributed by atoms with van der Waals surface area (Å²) in [4.78, 5) is 39.3. The molecule has 0 spiro atoms. The maximum absolute atomic E-state index is 11.4. The Balaban J connectivity index is 0.000000158. The molecule has 15 nitrogen and oxygen atoms in total. The summed E-state index contributed by atoms with van der Waals surface area (Å²) in [6.07, 6.45) is 13.6. The van der Waals surface area contributed by atoms with Gasteiger partial charge in [-0.25, -0.2) is 15.0 Å². The smallest absolute Gasteiger partial charge is 0.146 e. The number of imidazole rings is 3. The number of aliphatic imine (C=N–C) groups is 3. The maximum atomic E-state index is 11.4. The van der Waals surface area contributed by atoms with Gasteiger partial charge >= 0.3 is 0 Å². The van der Waals surface area contributed by atoms with Gasteiger partial charge in [0.15, 0.2) is 0 Å². The normalized spacial score (nSPS) is 12.0. The topological polar surface area (TPSA) is 190 Å². The van der Waals surface area contributed by atoms with Gasteiger partial charge < -0.3 is 24.7 Å². The molecule has 6 heterocycles. The summed E-state index contributed by atoms with van der Waals surface area (Å²) in [6, 6.07) is 120. The van der Waals surface area contributed by atoms with Crippen LogP contribution in [-0.4, -0.2) is 72.6 Å².